The highest BCUT2D eigenvalue weighted by Crippen LogP contribution is 2.22. The van der Waals surface area contributed by atoms with Crippen LogP contribution >= 0.6 is 0 Å². The zero-order valence-electron chi connectivity index (χ0n) is 11.2. The van der Waals surface area contributed by atoms with Crippen molar-refractivity contribution < 1.29 is 13.5 Å². The molecule has 3 rings (SSSR count). The average Bonchev–Trinajstić information content (AvgIpc) is 2.50. The molecule has 3 heterocycles. The van der Waals surface area contributed by atoms with Crippen molar-refractivity contribution in [1.82, 2.24) is 15.0 Å². The molecule has 0 aromatic carbocycles. The summed E-state index contributed by atoms with van der Waals surface area (Å²) in [7, 11) is 0. The minimum Gasteiger partial charge on any atom is -0.381 e. The van der Waals surface area contributed by atoms with E-state index in [4.69, 9.17) is 4.74 Å². The first kappa shape index (κ1) is 13.8. The standard InChI is InChI=1S/C14H14F2N4O/c15-11-8-18-14(19-10-2-5-21-6-3-10)20-13(11)9-1-4-17-12(16)7-9/h1,4,7-8,10H,2-3,5-6H2,(H,18,19,20). The highest BCUT2D eigenvalue weighted by molar-refractivity contribution is 5.60. The summed E-state index contributed by atoms with van der Waals surface area (Å²) in [5, 5.41) is 3.15. The molecule has 0 radical (unpaired) electrons. The molecule has 1 aliphatic rings. The van der Waals surface area contributed by atoms with Gasteiger partial charge in [-0.2, -0.15) is 4.39 Å². The molecule has 0 bridgehead atoms. The predicted octanol–water partition coefficient (Wildman–Crippen LogP) is 2.41. The molecule has 7 heteroatoms. The van der Waals surface area contributed by atoms with Gasteiger partial charge in [0.1, 0.15) is 5.69 Å². The van der Waals surface area contributed by atoms with Gasteiger partial charge in [0.2, 0.25) is 11.9 Å². The van der Waals surface area contributed by atoms with Gasteiger partial charge in [0.05, 0.1) is 6.20 Å². The molecule has 5 nitrogen and oxygen atoms in total. The first-order valence-corrected chi connectivity index (χ1v) is 6.71. The quantitative estimate of drug-likeness (QED) is 0.880. The molecular weight excluding hydrogens is 278 g/mol. The Bertz CT molecular complexity index is 632. The summed E-state index contributed by atoms with van der Waals surface area (Å²) in [6.07, 6.45) is 4.06. The molecule has 1 fully saturated rings. The molecule has 0 unspecified atom stereocenters. The molecule has 2 aromatic heterocycles. The number of nitrogens with one attached hydrogen (secondary N) is 1. The lowest BCUT2D eigenvalue weighted by Gasteiger charge is -2.23. The van der Waals surface area contributed by atoms with Crippen LogP contribution in [-0.2, 0) is 4.74 Å². The topological polar surface area (TPSA) is 59.9 Å². The fourth-order valence-electron chi connectivity index (χ4n) is 2.21. The fraction of sp³-hybridized carbons (Fsp3) is 0.357. The van der Waals surface area contributed by atoms with E-state index in [9.17, 15) is 8.78 Å². The molecule has 0 aliphatic carbocycles. The maximum Gasteiger partial charge on any atom is 0.223 e. The maximum absolute atomic E-state index is 13.8. The summed E-state index contributed by atoms with van der Waals surface area (Å²) in [5.74, 6) is -0.946. The first-order chi connectivity index (χ1) is 10.2. The number of hydrogen-bond donors (Lipinski definition) is 1. The van der Waals surface area contributed by atoms with Crippen LogP contribution in [-0.4, -0.2) is 34.2 Å². The van der Waals surface area contributed by atoms with Gasteiger partial charge in [0, 0.05) is 37.1 Å². The van der Waals surface area contributed by atoms with E-state index in [1.165, 1.54) is 12.3 Å². The second-order valence-corrected chi connectivity index (χ2v) is 4.79. The van der Waals surface area contributed by atoms with Crippen LogP contribution in [0.5, 0.6) is 0 Å². The van der Waals surface area contributed by atoms with Gasteiger partial charge >= 0.3 is 0 Å². The molecule has 0 saturated carbocycles. The third-order valence-corrected chi connectivity index (χ3v) is 3.30. The Hall–Kier alpha value is -2.15. The van der Waals surface area contributed by atoms with Crippen molar-refractivity contribution in [2.45, 2.75) is 18.9 Å². The highest BCUT2D eigenvalue weighted by atomic mass is 19.1. The third kappa shape index (κ3) is 3.30. The van der Waals surface area contributed by atoms with Crippen molar-refractivity contribution >= 4 is 5.95 Å². The second-order valence-electron chi connectivity index (χ2n) is 4.79. The first-order valence-electron chi connectivity index (χ1n) is 6.71. The Kier molecular flexibility index (Phi) is 4.01. The molecule has 2 aromatic rings. The van der Waals surface area contributed by atoms with E-state index in [1.54, 1.807) is 0 Å². The largest absolute Gasteiger partial charge is 0.381 e. The van der Waals surface area contributed by atoms with Gasteiger partial charge in [-0.25, -0.2) is 19.3 Å². The summed E-state index contributed by atoms with van der Waals surface area (Å²) in [6.45, 7) is 1.36. The van der Waals surface area contributed by atoms with E-state index < -0.39 is 11.8 Å². The zero-order chi connectivity index (χ0) is 14.7. The van der Waals surface area contributed by atoms with E-state index in [2.05, 4.69) is 20.3 Å². The van der Waals surface area contributed by atoms with Crippen molar-refractivity contribution in [3.63, 3.8) is 0 Å². The zero-order valence-corrected chi connectivity index (χ0v) is 11.2. The van der Waals surface area contributed by atoms with E-state index in [0.717, 1.165) is 25.1 Å². The summed E-state index contributed by atoms with van der Waals surface area (Å²) >= 11 is 0. The van der Waals surface area contributed by atoms with Crippen molar-refractivity contribution in [2.24, 2.45) is 0 Å². The normalized spacial score (nSPS) is 15.9. The molecular formula is C14H14F2N4O. The number of ether oxygens (including phenoxy) is 1. The molecule has 1 N–H and O–H groups in total. The number of halogens is 2. The Morgan fingerprint density at radius 3 is 2.76 bits per heavy atom. The van der Waals surface area contributed by atoms with Crippen LogP contribution < -0.4 is 5.32 Å². The van der Waals surface area contributed by atoms with Gasteiger partial charge in [0.25, 0.3) is 0 Å². The Balaban J connectivity index is 1.85. The van der Waals surface area contributed by atoms with E-state index in [0.29, 0.717) is 24.7 Å². The number of anilines is 1. The summed E-state index contributed by atoms with van der Waals surface area (Å²) < 4.78 is 32.3. The number of hydrogen-bond acceptors (Lipinski definition) is 5. The average molecular weight is 292 g/mol. The van der Waals surface area contributed by atoms with Gasteiger partial charge in [-0.05, 0) is 18.9 Å². The Labute approximate surface area is 120 Å². The number of rotatable bonds is 3. The van der Waals surface area contributed by atoms with E-state index in [1.807, 2.05) is 0 Å². The molecule has 110 valence electrons. The second kappa shape index (κ2) is 6.09. The van der Waals surface area contributed by atoms with E-state index in [-0.39, 0.29) is 11.7 Å². The molecule has 0 atom stereocenters. The van der Waals surface area contributed by atoms with E-state index >= 15 is 0 Å². The number of aromatic nitrogens is 3. The lowest BCUT2D eigenvalue weighted by atomic mass is 10.1. The summed E-state index contributed by atoms with van der Waals surface area (Å²) in [6, 6.07) is 2.85. The van der Waals surface area contributed by atoms with Crippen LogP contribution in [0.15, 0.2) is 24.5 Å². The van der Waals surface area contributed by atoms with Gasteiger partial charge in [-0.3, -0.25) is 0 Å². The smallest absolute Gasteiger partial charge is 0.223 e. The lowest BCUT2D eigenvalue weighted by molar-refractivity contribution is 0.0903. The Morgan fingerprint density at radius 1 is 1.19 bits per heavy atom. The van der Waals surface area contributed by atoms with Gasteiger partial charge in [0.15, 0.2) is 5.82 Å². The monoisotopic (exact) mass is 292 g/mol. The van der Waals surface area contributed by atoms with Crippen LogP contribution in [0.3, 0.4) is 0 Å². The van der Waals surface area contributed by atoms with Gasteiger partial charge in [-0.1, -0.05) is 0 Å². The predicted molar refractivity (Wildman–Crippen MR) is 72.6 cm³/mol. The van der Waals surface area contributed by atoms with Crippen LogP contribution in [0.1, 0.15) is 12.8 Å². The van der Waals surface area contributed by atoms with Crippen LogP contribution in [0, 0.1) is 11.8 Å². The number of pyridine rings is 1. The minimum absolute atomic E-state index is 0.0564. The van der Waals surface area contributed by atoms with Crippen LogP contribution in [0.4, 0.5) is 14.7 Å². The van der Waals surface area contributed by atoms with Gasteiger partial charge in [-0.15, -0.1) is 0 Å². The lowest BCUT2D eigenvalue weighted by Crippen LogP contribution is -2.28. The molecule has 1 aliphatic heterocycles. The summed E-state index contributed by atoms with van der Waals surface area (Å²) in [4.78, 5) is 11.5. The Morgan fingerprint density at radius 2 is 2.00 bits per heavy atom. The highest BCUT2D eigenvalue weighted by Gasteiger charge is 2.16. The SMILES string of the molecule is Fc1cc(-c2nc(NC3CCOCC3)ncc2F)ccn1. The fourth-order valence-corrected chi connectivity index (χ4v) is 2.21. The number of nitrogens with zero attached hydrogens (tertiary/aromatic N) is 3. The van der Waals surface area contributed by atoms with Crippen molar-refractivity contribution in [2.75, 3.05) is 18.5 Å². The molecule has 0 spiro atoms. The van der Waals surface area contributed by atoms with Crippen LogP contribution in [0.25, 0.3) is 11.3 Å². The molecule has 21 heavy (non-hydrogen) atoms. The van der Waals surface area contributed by atoms with Crippen LogP contribution in [0.2, 0.25) is 0 Å². The van der Waals surface area contributed by atoms with Gasteiger partial charge < -0.3 is 10.1 Å². The third-order valence-electron chi connectivity index (χ3n) is 3.30. The maximum atomic E-state index is 13.8. The molecule has 1 saturated heterocycles. The van der Waals surface area contributed by atoms with Crippen molar-refractivity contribution in [3.05, 3.63) is 36.3 Å². The molecule has 0 amide bonds. The summed E-state index contributed by atoms with van der Waals surface area (Å²) in [5.41, 5.74) is 0.387. The minimum atomic E-state index is -0.676. The van der Waals surface area contributed by atoms with Crippen molar-refractivity contribution in [1.29, 1.82) is 0 Å². The van der Waals surface area contributed by atoms with Crippen molar-refractivity contribution in [3.8, 4) is 11.3 Å².